The van der Waals surface area contributed by atoms with E-state index in [1.165, 1.54) is 24.8 Å². The summed E-state index contributed by atoms with van der Waals surface area (Å²) in [6.07, 6.45) is 9.78. The largest absolute Gasteiger partial charge is 0.465 e. The molecule has 4 aliphatic rings. The molecule has 0 bridgehead atoms. The molecule has 3 aliphatic carbocycles. The average molecular weight is 383 g/mol. The van der Waals surface area contributed by atoms with Crippen molar-refractivity contribution in [3.05, 3.63) is 29.3 Å². The van der Waals surface area contributed by atoms with Gasteiger partial charge in [0.1, 0.15) is 11.5 Å². The lowest BCUT2D eigenvalue weighted by Gasteiger charge is -2.52. The van der Waals surface area contributed by atoms with Crippen LogP contribution < -0.4 is 4.74 Å². The zero-order valence-electron chi connectivity index (χ0n) is 17.4. The van der Waals surface area contributed by atoms with Crippen LogP contribution in [0.3, 0.4) is 0 Å². The zero-order valence-corrected chi connectivity index (χ0v) is 17.4. The van der Waals surface area contributed by atoms with Gasteiger partial charge in [0.2, 0.25) is 0 Å². The summed E-state index contributed by atoms with van der Waals surface area (Å²) in [5.74, 6) is 4.02. The Labute approximate surface area is 169 Å². The molecule has 5 rings (SSSR count). The summed E-state index contributed by atoms with van der Waals surface area (Å²) >= 11 is 0. The van der Waals surface area contributed by atoms with Crippen LogP contribution in [0, 0.1) is 23.2 Å². The standard InChI is InChI=1S/C25H34O3/c1-3-16-15-25(2)21(11-12-22(25)26)20-9-7-17-14-18(8-10-19(17)24(16)20)28-23-6-4-5-13-27-23/h8,10,14,16,20-21,23-24H,3-7,9,11-13,15H2,1-2H3/t16-,20-,21-,23?,24+,25-/m0/s1. The SMILES string of the molecule is CC[C@H]1C[C@]2(C)C(=O)CC[C@H]2[C@@H]2CCc3cc(OC4CCCCO4)ccc3[C@@H]12. The maximum atomic E-state index is 12.7. The average Bonchev–Trinajstić information content (AvgIpc) is 3.02. The van der Waals surface area contributed by atoms with Crippen molar-refractivity contribution in [3.63, 3.8) is 0 Å². The number of Topliss-reactive ketones (excluding diaryl/α,β-unsaturated/α-hetero) is 1. The van der Waals surface area contributed by atoms with Gasteiger partial charge in [-0.1, -0.05) is 26.3 Å². The summed E-state index contributed by atoms with van der Waals surface area (Å²) in [7, 11) is 0. The lowest BCUT2D eigenvalue weighted by Crippen LogP contribution is -2.46. The Morgan fingerprint density at radius 1 is 1.18 bits per heavy atom. The van der Waals surface area contributed by atoms with Crippen LogP contribution in [0.5, 0.6) is 5.75 Å². The second kappa shape index (κ2) is 7.16. The first-order valence-corrected chi connectivity index (χ1v) is 11.5. The molecule has 0 aromatic heterocycles. The highest BCUT2D eigenvalue weighted by molar-refractivity contribution is 5.87. The third-order valence-corrected chi connectivity index (χ3v) is 8.46. The molecule has 0 spiro atoms. The van der Waals surface area contributed by atoms with E-state index in [-0.39, 0.29) is 11.7 Å². The smallest absolute Gasteiger partial charge is 0.199 e. The monoisotopic (exact) mass is 382 g/mol. The Kier molecular flexibility index (Phi) is 4.77. The number of carbonyl (C=O) groups is 1. The molecule has 1 aromatic rings. The van der Waals surface area contributed by atoms with E-state index in [1.54, 1.807) is 5.56 Å². The molecule has 1 heterocycles. The molecule has 1 unspecified atom stereocenters. The van der Waals surface area contributed by atoms with Crippen molar-refractivity contribution in [3.8, 4) is 5.75 Å². The van der Waals surface area contributed by atoms with Gasteiger partial charge in [-0.2, -0.15) is 0 Å². The van der Waals surface area contributed by atoms with Crippen molar-refractivity contribution < 1.29 is 14.3 Å². The molecule has 152 valence electrons. The van der Waals surface area contributed by atoms with Crippen LogP contribution in [-0.2, 0) is 16.0 Å². The highest BCUT2D eigenvalue weighted by atomic mass is 16.7. The summed E-state index contributed by atoms with van der Waals surface area (Å²) < 4.78 is 11.9. The molecular formula is C25H34O3. The fraction of sp³-hybridized carbons (Fsp3) is 0.720. The predicted molar refractivity (Wildman–Crippen MR) is 109 cm³/mol. The highest BCUT2D eigenvalue weighted by Crippen LogP contribution is 2.62. The van der Waals surface area contributed by atoms with Gasteiger partial charge in [-0.25, -0.2) is 0 Å². The lowest BCUT2D eigenvalue weighted by atomic mass is 9.51. The van der Waals surface area contributed by atoms with Crippen molar-refractivity contribution in [1.29, 1.82) is 0 Å². The van der Waals surface area contributed by atoms with E-state index in [9.17, 15) is 4.79 Å². The Morgan fingerprint density at radius 2 is 2.07 bits per heavy atom. The van der Waals surface area contributed by atoms with E-state index in [1.807, 2.05) is 0 Å². The number of carbonyl (C=O) groups excluding carboxylic acids is 1. The van der Waals surface area contributed by atoms with E-state index in [0.29, 0.717) is 29.5 Å². The molecule has 0 amide bonds. The summed E-state index contributed by atoms with van der Waals surface area (Å²) in [5, 5.41) is 0. The van der Waals surface area contributed by atoms with Crippen LogP contribution in [0.25, 0.3) is 0 Å². The number of hydrogen-bond acceptors (Lipinski definition) is 3. The number of benzene rings is 1. The van der Waals surface area contributed by atoms with Crippen LogP contribution in [0.1, 0.15) is 82.3 Å². The van der Waals surface area contributed by atoms with Crippen molar-refractivity contribution >= 4 is 5.78 Å². The Balaban J connectivity index is 1.42. The Morgan fingerprint density at radius 3 is 2.86 bits per heavy atom. The van der Waals surface area contributed by atoms with Gasteiger partial charge in [-0.05, 0) is 85.5 Å². The first kappa shape index (κ1) is 18.7. The van der Waals surface area contributed by atoms with E-state index < -0.39 is 0 Å². The quantitative estimate of drug-likeness (QED) is 0.677. The topological polar surface area (TPSA) is 35.5 Å². The van der Waals surface area contributed by atoms with E-state index >= 15 is 0 Å². The Hall–Kier alpha value is -1.35. The molecule has 28 heavy (non-hydrogen) atoms. The van der Waals surface area contributed by atoms with Crippen molar-refractivity contribution in [2.24, 2.45) is 23.2 Å². The second-order valence-electron chi connectivity index (χ2n) is 9.86. The summed E-state index contributed by atoms with van der Waals surface area (Å²) in [4.78, 5) is 12.7. The minimum Gasteiger partial charge on any atom is -0.465 e. The molecule has 1 aromatic carbocycles. The third-order valence-electron chi connectivity index (χ3n) is 8.46. The number of ketones is 1. The van der Waals surface area contributed by atoms with Gasteiger partial charge in [0.15, 0.2) is 6.29 Å². The lowest BCUT2D eigenvalue weighted by molar-refractivity contribution is -0.131. The predicted octanol–water partition coefficient (Wildman–Crippen LogP) is 5.65. The van der Waals surface area contributed by atoms with Crippen molar-refractivity contribution in [1.82, 2.24) is 0 Å². The first-order chi connectivity index (χ1) is 13.6. The van der Waals surface area contributed by atoms with Crippen LogP contribution in [0.4, 0.5) is 0 Å². The maximum Gasteiger partial charge on any atom is 0.199 e. The third kappa shape index (κ3) is 2.93. The highest BCUT2D eigenvalue weighted by Gasteiger charge is 2.57. The van der Waals surface area contributed by atoms with E-state index in [0.717, 1.165) is 50.9 Å². The molecule has 0 radical (unpaired) electrons. The molecule has 0 N–H and O–H groups in total. The van der Waals surface area contributed by atoms with Gasteiger partial charge in [-0.3, -0.25) is 4.79 Å². The molecule has 3 nitrogen and oxygen atoms in total. The first-order valence-electron chi connectivity index (χ1n) is 11.5. The number of fused-ring (bicyclic) bond motifs is 5. The number of hydrogen-bond donors (Lipinski definition) is 0. The fourth-order valence-corrected chi connectivity index (χ4v) is 7.06. The van der Waals surface area contributed by atoms with E-state index in [4.69, 9.17) is 9.47 Å². The molecule has 3 heteroatoms. The van der Waals surface area contributed by atoms with Crippen LogP contribution >= 0.6 is 0 Å². The summed E-state index contributed by atoms with van der Waals surface area (Å²) in [6, 6.07) is 6.79. The van der Waals surface area contributed by atoms with Gasteiger partial charge >= 0.3 is 0 Å². The normalized spacial score (nSPS) is 39.8. The fourth-order valence-electron chi connectivity index (χ4n) is 7.06. The van der Waals surface area contributed by atoms with Crippen LogP contribution in [0.15, 0.2) is 18.2 Å². The molecule has 1 saturated heterocycles. The van der Waals surface area contributed by atoms with Gasteiger partial charge in [0.25, 0.3) is 0 Å². The van der Waals surface area contributed by atoms with Gasteiger partial charge in [-0.15, -0.1) is 0 Å². The van der Waals surface area contributed by atoms with Crippen molar-refractivity contribution in [2.75, 3.05) is 6.61 Å². The number of aryl methyl sites for hydroxylation is 1. The summed E-state index contributed by atoms with van der Waals surface area (Å²) in [5.41, 5.74) is 2.96. The molecule has 2 saturated carbocycles. The molecule has 1 aliphatic heterocycles. The van der Waals surface area contributed by atoms with Gasteiger partial charge < -0.3 is 9.47 Å². The van der Waals surface area contributed by atoms with Crippen LogP contribution in [-0.4, -0.2) is 18.7 Å². The molecule has 6 atom stereocenters. The number of ether oxygens (including phenoxy) is 2. The minimum absolute atomic E-state index is 0.0548. The summed E-state index contributed by atoms with van der Waals surface area (Å²) in [6.45, 7) is 5.41. The molecule has 3 fully saturated rings. The maximum absolute atomic E-state index is 12.7. The number of rotatable bonds is 3. The van der Waals surface area contributed by atoms with Gasteiger partial charge in [0.05, 0.1) is 6.61 Å². The van der Waals surface area contributed by atoms with Gasteiger partial charge in [0, 0.05) is 18.3 Å². The minimum atomic E-state index is -0.0774. The van der Waals surface area contributed by atoms with Crippen LogP contribution in [0.2, 0.25) is 0 Å². The molecular weight excluding hydrogens is 348 g/mol. The zero-order chi connectivity index (χ0) is 19.3. The second-order valence-corrected chi connectivity index (χ2v) is 9.86. The van der Waals surface area contributed by atoms with E-state index in [2.05, 4.69) is 32.0 Å². The Bertz CT molecular complexity index is 750. The van der Waals surface area contributed by atoms with Crippen molar-refractivity contribution in [2.45, 2.75) is 83.8 Å².